The van der Waals surface area contributed by atoms with E-state index in [-0.39, 0.29) is 0 Å². The highest BCUT2D eigenvalue weighted by Gasteiger charge is 2.22. The summed E-state index contributed by atoms with van der Waals surface area (Å²) in [6.07, 6.45) is 0.414. The largest absolute Gasteiger partial charge is 0.369 e. The van der Waals surface area contributed by atoms with Gasteiger partial charge in [-0.3, -0.25) is 9.78 Å². The maximum Gasteiger partial charge on any atom is 0.161 e. The van der Waals surface area contributed by atoms with E-state index in [0.29, 0.717) is 23.7 Å². The number of rotatable bonds is 7. The molecular formula is C30H32F2N8. The van der Waals surface area contributed by atoms with Crippen LogP contribution in [-0.4, -0.2) is 71.2 Å². The Morgan fingerprint density at radius 1 is 0.875 bits per heavy atom. The lowest BCUT2D eigenvalue weighted by molar-refractivity contribution is 0.299. The summed E-state index contributed by atoms with van der Waals surface area (Å²) >= 11 is 0. The molecule has 3 aromatic carbocycles. The van der Waals surface area contributed by atoms with E-state index in [1.54, 1.807) is 0 Å². The molecule has 0 spiro atoms. The highest BCUT2D eigenvalue weighted by molar-refractivity contribution is 5.98. The Morgan fingerprint density at radius 2 is 1.68 bits per heavy atom. The number of anilines is 3. The van der Waals surface area contributed by atoms with E-state index in [9.17, 15) is 8.78 Å². The van der Waals surface area contributed by atoms with Crippen molar-refractivity contribution < 1.29 is 8.78 Å². The van der Waals surface area contributed by atoms with Gasteiger partial charge in [-0.2, -0.15) is 10.2 Å². The van der Waals surface area contributed by atoms with Gasteiger partial charge in [-0.25, -0.2) is 8.78 Å². The molecule has 7 rings (SSSR count). The predicted octanol–water partition coefficient (Wildman–Crippen LogP) is 4.50. The lowest BCUT2D eigenvalue weighted by Crippen LogP contribution is -2.44. The number of halogens is 2. The first-order chi connectivity index (χ1) is 19.5. The Labute approximate surface area is 231 Å². The predicted molar refractivity (Wildman–Crippen MR) is 154 cm³/mol. The maximum absolute atomic E-state index is 13.7. The zero-order valence-corrected chi connectivity index (χ0v) is 22.4. The summed E-state index contributed by atoms with van der Waals surface area (Å²) in [6.45, 7) is 7.00. The number of piperazine rings is 1. The molecule has 0 aliphatic carbocycles. The van der Waals surface area contributed by atoms with Gasteiger partial charge >= 0.3 is 0 Å². The van der Waals surface area contributed by atoms with E-state index in [0.717, 1.165) is 85.1 Å². The summed E-state index contributed by atoms with van der Waals surface area (Å²) < 4.78 is 29.6. The second-order valence-electron chi connectivity index (χ2n) is 11.1. The molecule has 40 heavy (non-hydrogen) atoms. The Morgan fingerprint density at radius 3 is 2.42 bits per heavy atom. The quantitative estimate of drug-likeness (QED) is 0.281. The van der Waals surface area contributed by atoms with Crippen molar-refractivity contribution in [3.05, 3.63) is 77.4 Å². The smallest absolute Gasteiger partial charge is 0.161 e. The average molecular weight is 543 g/mol. The molecule has 2 aliphatic heterocycles. The lowest BCUT2D eigenvalue weighted by atomic mass is 10.0. The van der Waals surface area contributed by atoms with Crippen LogP contribution in [0.2, 0.25) is 0 Å². The Balaban J connectivity index is 1.21. The van der Waals surface area contributed by atoms with Crippen LogP contribution in [-0.2, 0) is 13.0 Å². The van der Waals surface area contributed by atoms with Crippen molar-refractivity contribution in [3.8, 4) is 0 Å². The first kappa shape index (κ1) is 25.0. The van der Waals surface area contributed by atoms with Crippen molar-refractivity contribution in [2.24, 2.45) is 5.92 Å². The molecule has 0 atom stereocenters. The van der Waals surface area contributed by atoms with Gasteiger partial charge in [0.1, 0.15) is 11.6 Å². The highest BCUT2D eigenvalue weighted by atomic mass is 19.1. The standard InChI is InChI=1S/C30H32F2N8/c1-38-6-8-39(9-7-38)24-3-4-25-28(15-24)40(18-21-16-33-17-21)37-30(25)34-29-26-13-19(2-5-27(26)35-36-29)10-20-11-22(31)14-23(32)12-20/h2-5,11-15,21,33H,6-10,16-18H2,1H3,(H2,34,35,36,37). The molecule has 2 aromatic heterocycles. The van der Waals surface area contributed by atoms with Gasteiger partial charge in [-0.1, -0.05) is 6.07 Å². The third-order valence-electron chi connectivity index (χ3n) is 8.10. The van der Waals surface area contributed by atoms with Crippen LogP contribution in [0.15, 0.2) is 54.6 Å². The van der Waals surface area contributed by atoms with Crippen LogP contribution in [0.5, 0.6) is 0 Å². The lowest BCUT2D eigenvalue weighted by Gasteiger charge is -2.34. The number of nitrogens with one attached hydrogen (secondary N) is 3. The molecule has 206 valence electrons. The highest BCUT2D eigenvalue weighted by Crippen LogP contribution is 2.33. The average Bonchev–Trinajstić information content (AvgIpc) is 3.46. The van der Waals surface area contributed by atoms with Gasteiger partial charge in [0, 0.05) is 74.3 Å². The molecule has 3 N–H and O–H groups in total. The number of hydrogen-bond acceptors (Lipinski definition) is 6. The van der Waals surface area contributed by atoms with Crippen molar-refractivity contribution in [2.75, 3.05) is 56.5 Å². The van der Waals surface area contributed by atoms with Crippen molar-refractivity contribution in [3.63, 3.8) is 0 Å². The Bertz CT molecular complexity index is 1660. The van der Waals surface area contributed by atoms with Crippen molar-refractivity contribution in [2.45, 2.75) is 13.0 Å². The summed E-state index contributed by atoms with van der Waals surface area (Å²) in [4.78, 5) is 4.81. The van der Waals surface area contributed by atoms with Crippen LogP contribution < -0.4 is 15.5 Å². The second-order valence-corrected chi connectivity index (χ2v) is 11.1. The number of benzene rings is 3. The first-order valence-electron chi connectivity index (χ1n) is 13.8. The fraction of sp³-hybridized carbons (Fsp3) is 0.333. The van der Waals surface area contributed by atoms with Crippen LogP contribution in [0.1, 0.15) is 11.1 Å². The number of likely N-dealkylation sites (N-methyl/N-ethyl adjacent to an activating group) is 1. The summed E-state index contributed by atoms with van der Waals surface area (Å²) in [6, 6.07) is 16.2. The minimum absolute atomic E-state index is 0.414. The van der Waals surface area contributed by atoms with Gasteiger partial charge in [-0.05, 0) is 67.1 Å². The van der Waals surface area contributed by atoms with Crippen molar-refractivity contribution in [1.29, 1.82) is 0 Å². The molecule has 0 bridgehead atoms. The molecule has 0 unspecified atom stereocenters. The van der Waals surface area contributed by atoms with Crippen LogP contribution in [0, 0.1) is 17.6 Å². The Kier molecular flexibility index (Phi) is 6.36. The van der Waals surface area contributed by atoms with E-state index < -0.39 is 11.6 Å². The summed E-state index contributed by atoms with van der Waals surface area (Å²) in [5.74, 6) is 0.848. The van der Waals surface area contributed by atoms with Crippen molar-refractivity contribution in [1.82, 2.24) is 30.2 Å². The van der Waals surface area contributed by atoms with Gasteiger partial charge in [0.25, 0.3) is 0 Å². The fourth-order valence-electron chi connectivity index (χ4n) is 5.70. The zero-order valence-electron chi connectivity index (χ0n) is 22.4. The molecule has 0 saturated carbocycles. The molecular weight excluding hydrogens is 510 g/mol. The fourth-order valence-corrected chi connectivity index (χ4v) is 5.70. The van der Waals surface area contributed by atoms with E-state index in [2.05, 4.69) is 60.6 Å². The summed E-state index contributed by atoms with van der Waals surface area (Å²) in [5, 5.41) is 21.4. The normalized spacial score (nSPS) is 16.6. The van der Waals surface area contributed by atoms with E-state index in [4.69, 9.17) is 5.10 Å². The topological polar surface area (TPSA) is 77.0 Å². The minimum atomic E-state index is -0.572. The van der Waals surface area contributed by atoms with E-state index in [1.165, 1.54) is 17.8 Å². The van der Waals surface area contributed by atoms with Crippen LogP contribution in [0.25, 0.3) is 21.8 Å². The van der Waals surface area contributed by atoms with Crippen LogP contribution in [0.3, 0.4) is 0 Å². The first-order valence-corrected chi connectivity index (χ1v) is 13.8. The van der Waals surface area contributed by atoms with Gasteiger partial charge < -0.3 is 20.4 Å². The summed E-state index contributed by atoms with van der Waals surface area (Å²) in [5.41, 5.74) is 4.73. The maximum atomic E-state index is 13.7. The van der Waals surface area contributed by atoms with Gasteiger partial charge in [-0.15, -0.1) is 0 Å². The second kappa shape index (κ2) is 10.2. The minimum Gasteiger partial charge on any atom is -0.369 e. The number of hydrogen-bond donors (Lipinski definition) is 3. The number of H-pyrrole nitrogens is 1. The third-order valence-corrected chi connectivity index (χ3v) is 8.10. The molecule has 0 amide bonds. The molecule has 2 saturated heterocycles. The molecule has 2 aliphatic rings. The number of aromatic nitrogens is 4. The third kappa shape index (κ3) is 4.89. The van der Waals surface area contributed by atoms with Crippen molar-refractivity contribution >= 4 is 39.1 Å². The van der Waals surface area contributed by atoms with Gasteiger partial charge in [0.2, 0.25) is 0 Å². The molecule has 5 aromatic rings. The van der Waals surface area contributed by atoms with Gasteiger partial charge in [0.05, 0.1) is 11.0 Å². The molecule has 0 radical (unpaired) electrons. The molecule has 2 fully saturated rings. The van der Waals surface area contributed by atoms with E-state index in [1.807, 2.05) is 18.2 Å². The van der Waals surface area contributed by atoms with Gasteiger partial charge in [0.15, 0.2) is 11.6 Å². The monoisotopic (exact) mass is 542 g/mol. The van der Waals surface area contributed by atoms with E-state index >= 15 is 0 Å². The van der Waals surface area contributed by atoms with Crippen LogP contribution in [0.4, 0.5) is 26.1 Å². The molecule has 8 nitrogen and oxygen atoms in total. The zero-order chi connectivity index (χ0) is 27.2. The molecule has 10 heteroatoms. The van der Waals surface area contributed by atoms with Crippen LogP contribution >= 0.6 is 0 Å². The SMILES string of the molecule is CN1CCN(c2ccc3c(Nc4n[nH]c5ccc(Cc6cc(F)cc(F)c6)cc45)nn(CC4CNC4)c3c2)CC1. The summed E-state index contributed by atoms with van der Waals surface area (Å²) in [7, 11) is 2.17. The number of nitrogens with zero attached hydrogens (tertiary/aromatic N) is 5. The number of aromatic amines is 1. The number of fused-ring (bicyclic) bond motifs is 2. The molecule has 4 heterocycles. The Hall–Kier alpha value is -4.02.